The van der Waals surface area contributed by atoms with E-state index in [1.165, 1.54) is 10.9 Å². The van der Waals surface area contributed by atoms with Gasteiger partial charge in [-0.25, -0.2) is 0 Å². The average Bonchev–Trinajstić information content (AvgIpc) is 3.47. The molecule has 0 radical (unpaired) electrons. The minimum atomic E-state index is -0.144. The van der Waals surface area contributed by atoms with Crippen LogP contribution in [0.3, 0.4) is 0 Å². The van der Waals surface area contributed by atoms with Crippen molar-refractivity contribution in [3.8, 4) is 11.1 Å². The topological polar surface area (TPSA) is 53.9 Å². The van der Waals surface area contributed by atoms with Crippen molar-refractivity contribution in [2.45, 2.75) is 32.4 Å². The highest BCUT2D eigenvalue weighted by atomic mass is 16.2. The number of benzene rings is 2. The van der Waals surface area contributed by atoms with Gasteiger partial charge in [0.25, 0.3) is 5.91 Å². The number of aromatic nitrogens is 3. The Kier molecular flexibility index (Phi) is 4.46. The number of hydrogen-bond donors (Lipinski definition) is 1. The Balaban J connectivity index is 1.36. The summed E-state index contributed by atoms with van der Waals surface area (Å²) in [5.74, 6) is 0.557. The van der Waals surface area contributed by atoms with Crippen molar-refractivity contribution >= 4 is 16.8 Å². The molecule has 2 aromatic heterocycles. The lowest BCUT2D eigenvalue weighted by molar-refractivity contribution is 0.0649. The zero-order valence-corrected chi connectivity index (χ0v) is 17.4. The molecule has 5 nitrogen and oxygen atoms in total. The van der Waals surface area contributed by atoms with Crippen LogP contribution < -0.4 is 0 Å². The van der Waals surface area contributed by atoms with E-state index in [2.05, 4.69) is 64.0 Å². The first kappa shape index (κ1) is 18.7. The Morgan fingerprint density at radius 2 is 1.97 bits per heavy atom. The van der Waals surface area contributed by atoms with Gasteiger partial charge in [-0.05, 0) is 62.1 Å². The summed E-state index contributed by atoms with van der Waals surface area (Å²) in [6.45, 7) is 6.06. The second-order valence-electron chi connectivity index (χ2n) is 8.89. The number of rotatable bonds is 4. The monoisotopic (exact) mass is 398 g/mol. The minimum absolute atomic E-state index is 0.130. The van der Waals surface area contributed by atoms with Crippen molar-refractivity contribution in [3.05, 3.63) is 78.8 Å². The fourth-order valence-electron chi connectivity index (χ4n) is 4.83. The Morgan fingerprint density at radius 1 is 1.13 bits per heavy atom. The summed E-state index contributed by atoms with van der Waals surface area (Å²) < 4.78 is 2.33. The molecule has 0 saturated carbocycles. The van der Waals surface area contributed by atoms with Crippen molar-refractivity contribution < 1.29 is 4.79 Å². The van der Waals surface area contributed by atoms with E-state index >= 15 is 0 Å². The lowest BCUT2D eigenvalue weighted by atomic mass is 9.96. The molecule has 0 bridgehead atoms. The lowest BCUT2D eigenvalue weighted by Gasteiger charge is -2.31. The minimum Gasteiger partial charge on any atom is -0.347 e. The normalized spacial score (nSPS) is 18.2. The highest BCUT2D eigenvalue weighted by molar-refractivity contribution is 5.95. The van der Waals surface area contributed by atoms with Crippen LogP contribution in [0.4, 0.5) is 0 Å². The van der Waals surface area contributed by atoms with Crippen molar-refractivity contribution in [3.63, 3.8) is 0 Å². The zero-order valence-electron chi connectivity index (χ0n) is 17.4. The molecule has 1 fully saturated rings. The van der Waals surface area contributed by atoms with Gasteiger partial charge >= 0.3 is 0 Å². The van der Waals surface area contributed by atoms with Gasteiger partial charge in [0.05, 0.1) is 6.20 Å². The van der Waals surface area contributed by atoms with E-state index in [9.17, 15) is 4.79 Å². The van der Waals surface area contributed by atoms with Crippen LogP contribution in [-0.4, -0.2) is 37.7 Å². The molecule has 3 heterocycles. The highest BCUT2D eigenvalue weighted by Gasteiger charge is 2.41. The van der Waals surface area contributed by atoms with Gasteiger partial charge in [-0.1, -0.05) is 24.3 Å². The van der Waals surface area contributed by atoms with Crippen LogP contribution in [0.2, 0.25) is 0 Å². The quantitative estimate of drug-likeness (QED) is 0.527. The van der Waals surface area contributed by atoms with E-state index in [-0.39, 0.29) is 11.4 Å². The van der Waals surface area contributed by atoms with Crippen LogP contribution in [0.5, 0.6) is 0 Å². The first-order valence-electron chi connectivity index (χ1n) is 10.5. The molecule has 4 aromatic rings. The molecule has 1 saturated heterocycles. The molecule has 1 unspecified atom stereocenters. The van der Waals surface area contributed by atoms with Crippen molar-refractivity contribution in [1.29, 1.82) is 0 Å². The van der Waals surface area contributed by atoms with E-state index < -0.39 is 0 Å². The fourth-order valence-corrected chi connectivity index (χ4v) is 4.83. The predicted octanol–water partition coefficient (Wildman–Crippen LogP) is 4.97. The number of carbonyl (C=O) groups excluding carboxylic acids is 1. The molecule has 1 aliphatic rings. The molecule has 1 aliphatic heterocycles. The number of fused-ring (bicyclic) bond motifs is 1. The van der Waals surface area contributed by atoms with E-state index in [0.29, 0.717) is 5.92 Å². The van der Waals surface area contributed by atoms with E-state index in [1.807, 2.05) is 42.7 Å². The third-order valence-corrected chi connectivity index (χ3v) is 6.28. The third-order valence-electron chi connectivity index (χ3n) is 6.28. The second kappa shape index (κ2) is 7.17. The number of nitrogens with zero attached hydrogens (tertiary/aromatic N) is 3. The van der Waals surface area contributed by atoms with Crippen LogP contribution in [0.25, 0.3) is 22.0 Å². The van der Waals surface area contributed by atoms with Gasteiger partial charge in [0.2, 0.25) is 0 Å². The summed E-state index contributed by atoms with van der Waals surface area (Å²) in [6.07, 6.45) is 6.92. The number of hydrogen-bond acceptors (Lipinski definition) is 2. The number of likely N-dealkylation sites (tertiary alicyclic amines) is 1. The van der Waals surface area contributed by atoms with Crippen molar-refractivity contribution in [1.82, 2.24) is 19.7 Å². The number of nitrogens with one attached hydrogen (secondary N) is 1. The zero-order chi connectivity index (χ0) is 20.7. The van der Waals surface area contributed by atoms with Gasteiger partial charge in [0, 0.05) is 53.1 Å². The van der Waals surface area contributed by atoms with Gasteiger partial charge in [-0.3, -0.25) is 9.89 Å². The molecule has 1 N–H and O–H groups in total. The molecule has 1 atom stereocenters. The molecule has 2 aromatic carbocycles. The Bertz CT molecular complexity index is 1170. The molecular formula is C25H26N4O. The van der Waals surface area contributed by atoms with Crippen LogP contribution in [0.15, 0.2) is 73.2 Å². The molecule has 152 valence electrons. The van der Waals surface area contributed by atoms with Gasteiger partial charge < -0.3 is 9.47 Å². The summed E-state index contributed by atoms with van der Waals surface area (Å²) in [5.41, 5.74) is 4.11. The van der Waals surface area contributed by atoms with Gasteiger partial charge in [-0.2, -0.15) is 5.10 Å². The number of carbonyl (C=O) groups is 1. The van der Waals surface area contributed by atoms with E-state index in [0.717, 1.165) is 36.2 Å². The number of H-pyrrole nitrogens is 1. The van der Waals surface area contributed by atoms with Crippen molar-refractivity contribution in [2.75, 3.05) is 6.54 Å². The SMILES string of the molecule is CC1(C)CC(Cn2ccc3cc(-c4cn[nH]c4)ccc32)CN1C(=O)c1ccccc1. The first-order chi connectivity index (χ1) is 14.5. The Labute approximate surface area is 176 Å². The molecule has 0 aliphatic carbocycles. The van der Waals surface area contributed by atoms with Gasteiger partial charge in [-0.15, -0.1) is 0 Å². The summed E-state index contributed by atoms with van der Waals surface area (Å²) >= 11 is 0. The largest absolute Gasteiger partial charge is 0.347 e. The van der Waals surface area contributed by atoms with Crippen LogP contribution in [-0.2, 0) is 6.54 Å². The fraction of sp³-hybridized carbons (Fsp3) is 0.280. The smallest absolute Gasteiger partial charge is 0.254 e. The lowest BCUT2D eigenvalue weighted by Crippen LogP contribution is -2.42. The average molecular weight is 399 g/mol. The number of aromatic amines is 1. The highest BCUT2D eigenvalue weighted by Crippen LogP contribution is 2.35. The van der Waals surface area contributed by atoms with Crippen molar-refractivity contribution in [2.24, 2.45) is 5.92 Å². The molecule has 5 rings (SSSR count). The molecule has 1 amide bonds. The van der Waals surface area contributed by atoms with Crippen LogP contribution in [0.1, 0.15) is 30.6 Å². The Hall–Kier alpha value is -3.34. The summed E-state index contributed by atoms with van der Waals surface area (Å²) in [6, 6.07) is 18.3. The maximum atomic E-state index is 13.1. The Morgan fingerprint density at radius 3 is 2.73 bits per heavy atom. The first-order valence-corrected chi connectivity index (χ1v) is 10.5. The van der Waals surface area contributed by atoms with E-state index in [4.69, 9.17) is 0 Å². The summed E-state index contributed by atoms with van der Waals surface area (Å²) in [4.78, 5) is 15.1. The molecule has 0 spiro atoms. The van der Waals surface area contributed by atoms with Gasteiger partial charge in [0.15, 0.2) is 0 Å². The molecule has 5 heteroatoms. The van der Waals surface area contributed by atoms with E-state index in [1.54, 1.807) is 0 Å². The number of amides is 1. The predicted molar refractivity (Wildman–Crippen MR) is 119 cm³/mol. The van der Waals surface area contributed by atoms with Crippen LogP contribution >= 0.6 is 0 Å². The maximum absolute atomic E-state index is 13.1. The van der Waals surface area contributed by atoms with Gasteiger partial charge in [0.1, 0.15) is 0 Å². The van der Waals surface area contributed by atoms with Crippen LogP contribution in [0, 0.1) is 5.92 Å². The summed E-state index contributed by atoms with van der Waals surface area (Å²) in [5, 5.41) is 8.15. The second-order valence-corrected chi connectivity index (χ2v) is 8.89. The maximum Gasteiger partial charge on any atom is 0.254 e. The standard InChI is InChI=1S/C25H26N4O/c1-25(2)13-18(17-29(25)24(30)19-6-4-3-5-7-19)16-28-11-10-21-12-20(8-9-23(21)28)22-14-26-27-15-22/h3-12,14-15,18H,13,16-17H2,1-2H3,(H,26,27). The summed E-state index contributed by atoms with van der Waals surface area (Å²) in [7, 11) is 0. The molecular weight excluding hydrogens is 372 g/mol. The third kappa shape index (κ3) is 3.30. The molecule has 30 heavy (non-hydrogen) atoms.